The summed E-state index contributed by atoms with van der Waals surface area (Å²) in [6, 6.07) is 14.9. The lowest BCUT2D eigenvalue weighted by Crippen LogP contribution is -2.28. The molecule has 0 fully saturated rings. The lowest BCUT2D eigenvalue weighted by atomic mass is 10.1. The number of ether oxygens (including phenoxy) is 2. The molecule has 1 N–H and O–H groups in total. The van der Waals surface area contributed by atoms with Crippen molar-refractivity contribution in [3.8, 4) is 11.6 Å². The van der Waals surface area contributed by atoms with Crippen molar-refractivity contribution >= 4 is 21.6 Å². The number of aryl methyl sites for hydroxylation is 1. The maximum Gasteiger partial charge on any atom is 0.264 e. The molecule has 0 unspecified atom stereocenters. The number of anilines is 1. The van der Waals surface area contributed by atoms with Gasteiger partial charge in [-0.05, 0) is 49.7 Å². The van der Waals surface area contributed by atoms with E-state index in [1.54, 1.807) is 49.5 Å². The van der Waals surface area contributed by atoms with E-state index >= 15 is 0 Å². The third-order valence-electron chi connectivity index (χ3n) is 5.11. The maximum atomic E-state index is 13.3. The number of carbonyl (C=O) groups excluding carboxylic acids is 1. The molecule has 0 aliphatic carbocycles. The van der Waals surface area contributed by atoms with Crippen molar-refractivity contribution in [2.45, 2.75) is 25.3 Å². The Morgan fingerprint density at radius 2 is 1.88 bits per heavy atom. The molecule has 0 atom stereocenters. The number of nitrogens with zero attached hydrogens (tertiary/aromatic N) is 2. The molecule has 0 radical (unpaired) electrons. The summed E-state index contributed by atoms with van der Waals surface area (Å²) in [6.07, 6.45) is 1.62. The highest BCUT2D eigenvalue weighted by Gasteiger charge is 2.25. The molecule has 8 nitrogen and oxygen atoms in total. The van der Waals surface area contributed by atoms with Crippen molar-refractivity contribution in [2.24, 2.45) is 0 Å². The molecule has 3 rings (SSSR count). The highest BCUT2D eigenvalue weighted by atomic mass is 32.2. The van der Waals surface area contributed by atoms with Gasteiger partial charge in [0.05, 0.1) is 24.3 Å². The molecule has 1 aromatic heterocycles. The van der Waals surface area contributed by atoms with E-state index in [0.29, 0.717) is 29.5 Å². The summed E-state index contributed by atoms with van der Waals surface area (Å²) in [6.45, 7) is 4.26. The predicted octanol–water partition coefficient (Wildman–Crippen LogP) is 3.55. The summed E-state index contributed by atoms with van der Waals surface area (Å²) >= 11 is 0. The minimum atomic E-state index is -3.94. The van der Waals surface area contributed by atoms with Crippen molar-refractivity contribution in [1.82, 2.24) is 10.3 Å². The molecule has 1 amide bonds. The van der Waals surface area contributed by atoms with Gasteiger partial charge in [0, 0.05) is 30.9 Å². The van der Waals surface area contributed by atoms with Gasteiger partial charge >= 0.3 is 0 Å². The zero-order chi connectivity index (χ0) is 24.0. The van der Waals surface area contributed by atoms with Crippen molar-refractivity contribution in [3.63, 3.8) is 0 Å². The Morgan fingerprint density at radius 1 is 1.12 bits per heavy atom. The van der Waals surface area contributed by atoms with Gasteiger partial charge in [0.15, 0.2) is 0 Å². The first-order chi connectivity index (χ1) is 15.8. The fraction of sp³-hybridized carbons (Fsp3) is 0.250. The average molecular weight is 470 g/mol. The number of methoxy groups -OCH3 is 1. The van der Waals surface area contributed by atoms with Gasteiger partial charge in [-0.1, -0.05) is 24.3 Å². The SMILES string of the molecule is CCOc1ncccc1CNC(=O)c1cc(S(=O)(=O)N(C)c2ccccc2OC)ccc1C. The molecule has 2 aromatic carbocycles. The van der Waals surface area contributed by atoms with Crippen LogP contribution >= 0.6 is 0 Å². The van der Waals surface area contributed by atoms with Gasteiger partial charge in [0.2, 0.25) is 5.88 Å². The number of aromatic nitrogens is 1. The first kappa shape index (κ1) is 24.1. The molecule has 3 aromatic rings. The Kier molecular flexibility index (Phi) is 7.55. The molecule has 0 spiro atoms. The molecular weight excluding hydrogens is 442 g/mol. The van der Waals surface area contributed by atoms with Crippen LogP contribution in [0, 0.1) is 6.92 Å². The van der Waals surface area contributed by atoms with E-state index in [-0.39, 0.29) is 17.0 Å². The number of sulfonamides is 1. The minimum absolute atomic E-state index is 0.00281. The van der Waals surface area contributed by atoms with Crippen LogP contribution in [0.15, 0.2) is 65.7 Å². The fourth-order valence-corrected chi connectivity index (χ4v) is 4.51. The molecule has 0 aliphatic heterocycles. The Hall–Kier alpha value is -3.59. The maximum absolute atomic E-state index is 13.3. The van der Waals surface area contributed by atoms with E-state index in [0.717, 1.165) is 9.87 Å². The average Bonchev–Trinajstić information content (AvgIpc) is 2.83. The Labute approximate surface area is 194 Å². The molecule has 0 aliphatic rings. The van der Waals surface area contributed by atoms with Crippen LogP contribution in [-0.4, -0.2) is 40.1 Å². The highest BCUT2D eigenvalue weighted by molar-refractivity contribution is 7.92. The topological polar surface area (TPSA) is 97.8 Å². The number of hydrogen-bond donors (Lipinski definition) is 1. The van der Waals surface area contributed by atoms with E-state index in [2.05, 4.69) is 10.3 Å². The molecule has 0 saturated heterocycles. The predicted molar refractivity (Wildman–Crippen MR) is 126 cm³/mol. The lowest BCUT2D eigenvalue weighted by Gasteiger charge is -2.22. The molecule has 1 heterocycles. The monoisotopic (exact) mass is 469 g/mol. The standard InChI is InChI=1S/C24H27N3O5S/c1-5-32-24-18(9-8-14-25-24)16-26-23(28)20-15-19(13-12-17(20)2)33(29,30)27(3)21-10-6-7-11-22(21)31-4/h6-15H,5,16H2,1-4H3,(H,26,28). The third-order valence-corrected chi connectivity index (χ3v) is 6.87. The van der Waals surface area contributed by atoms with Crippen molar-refractivity contribution in [2.75, 3.05) is 25.1 Å². The van der Waals surface area contributed by atoms with Crippen LogP contribution < -0.4 is 19.1 Å². The third kappa shape index (κ3) is 5.25. The Balaban J connectivity index is 1.86. The number of hydrogen-bond acceptors (Lipinski definition) is 6. The summed E-state index contributed by atoms with van der Waals surface area (Å²) in [4.78, 5) is 17.1. The van der Waals surface area contributed by atoms with Crippen LogP contribution in [0.1, 0.15) is 28.4 Å². The van der Waals surface area contributed by atoms with Crippen LogP contribution in [0.4, 0.5) is 5.69 Å². The molecule has 174 valence electrons. The van der Waals surface area contributed by atoms with E-state index in [1.807, 2.05) is 13.0 Å². The van der Waals surface area contributed by atoms with Gasteiger partial charge in [-0.2, -0.15) is 0 Å². The molecule has 33 heavy (non-hydrogen) atoms. The minimum Gasteiger partial charge on any atom is -0.495 e. The number of pyridine rings is 1. The summed E-state index contributed by atoms with van der Waals surface area (Å²) in [5.41, 5.74) is 2.05. The Bertz CT molecular complexity index is 1240. The number of rotatable bonds is 9. The summed E-state index contributed by atoms with van der Waals surface area (Å²) in [5, 5.41) is 2.83. The van der Waals surface area contributed by atoms with Crippen molar-refractivity contribution < 1.29 is 22.7 Å². The van der Waals surface area contributed by atoms with Gasteiger partial charge in [0.25, 0.3) is 15.9 Å². The van der Waals surface area contributed by atoms with Gasteiger partial charge in [-0.3, -0.25) is 9.10 Å². The zero-order valence-electron chi connectivity index (χ0n) is 19.0. The van der Waals surface area contributed by atoms with Crippen molar-refractivity contribution in [1.29, 1.82) is 0 Å². The second kappa shape index (κ2) is 10.4. The normalized spacial score (nSPS) is 11.0. The Morgan fingerprint density at radius 3 is 2.61 bits per heavy atom. The highest BCUT2D eigenvalue weighted by Crippen LogP contribution is 2.31. The molecule has 0 bridgehead atoms. The summed E-state index contributed by atoms with van der Waals surface area (Å²) in [5.74, 6) is 0.484. The number of para-hydroxylation sites is 2. The number of nitrogens with one attached hydrogen (secondary N) is 1. The summed E-state index contributed by atoms with van der Waals surface area (Å²) in [7, 11) is -1.01. The van der Waals surface area contributed by atoms with Crippen LogP contribution in [0.25, 0.3) is 0 Å². The van der Waals surface area contributed by atoms with E-state index < -0.39 is 15.9 Å². The van der Waals surface area contributed by atoms with Gasteiger partial charge in [0.1, 0.15) is 5.75 Å². The van der Waals surface area contributed by atoms with Crippen molar-refractivity contribution in [3.05, 3.63) is 77.5 Å². The quantitative estimate of drug-likeness (QED) is 0.515. The molecule has 9 heteroatoms. The van der Waals surface area contributed by atoms with Gasteiger partial charge < -0.3 is 14.8 Å². The first-order valence-electron chi connectivity index (χ1n) is 10.4. The van der Waals surface area contributed by atoms with E-state index in [1.165, 1.54) is 26.3 Å². The van der Waals surface area contributed by atoms with Gasteiger partial charge in [-0.25, -0.2) is 13.4 Å². The lowest BCUT2D eigenvalue weighted by molar-refractivity contribution is 0.0949. The number of carbonyl (C=O) groups is 1. The number of amides is 1. The number of benzene rings is 2. The zero-order valence-corrected chi connectivity index (χ0v) is 19.8. The first-order valence-corrected chi connectivity index (χ1v) is 11.8. The van der Waals surface area contributed by atoms with E-state index in [9.17, 15) is 13.2 Å². The van der Waals surface area contributed by atoms with E-state index in [4.69, 9.17) is 9.47 Å². The fourth-order valence-electron chi connectivity index (χ4n) is 3.28. The molecular formula is C24H27N3O5S. The summed E-state index contributed by atoms with van der Waals surface area (Å²) < 4.78 is 38.5. The van der Waals surface area contributed by atoms with Gasteiger partial charge in [-0.15, -0.1) is 0 Å². The molecule has 0 saturated carbocycles. The second-order valence-corrected chi connectivity index (χ2v) is 9.17. The second-order valence-electron chi connectivity index (χ2n) is 7.20. The van der Waals surface area contributed by atoms with Crippen LogP contribution in [0.3, 0.4) is 0 Å². The van der Waals surface area contributed by atoms with Crippen LogP contribution in [0.2, 0.25) is 0 Å². The van der Waals surface area contributed by atoms with Crippen LogP contribution in [0.5, 0.6) is 11.6 Å². The largest absolute Gasteiger partial charge is 0.495 e. The smallest absolute Gasteiger partial charge is 0.264 e. The van der Waals surface area contributed by atoms with Crippen LogP contribution in [-0.2, 0) is 16.6 Å².